The van der Waals surface area contributed by atoms with E-state index in [0.717, 1.165) is 18.4 Å². The minimum absolute atomic E-state index is 0.0330. The lowest BCUT2D eigenvalue weighted by molar-refractivity contribution is -0.123. The predicted octanol–water partition coefficient (Wildman–Crippen LogP) is 3.05. The third kappa shape index (κ3) is 5.21. The van der Waals surface area contributed by atoms with E-state index in [-0.39, 0.29) is 25.2 Å². The van der Waals surface area contributed by atoms with Gasteiger partial charge >= 0.3 is 0 Å². The van der Waals surface area contributed by atoms with Crippen LogP contribution in [0.1, 0.15) is 44.1 Å². The third-order valence-corrected chi connectivity index (χ3v) is 4.05. The first-order valence-corrected chi connectivity index (χ1v) is 7.88. The molecule has 1 aromatic carbocycles. The highest BCUT2D eigenvalue weighted by molar-refractivity contribution is 6.32. The van der Waals surface area contributed by atoms with Crippen LogP contribution in [-0.2, 0) is 11.4 Å². The molecule has 0 bridgehead atoms. The van der Waals surface area contributed by atoms with Gasteiger partial charge in [0.15, 0.2) is 6.61 Å². The maximum atomic E-state index is 11.9. The highest BCUT2D eigenvalue weighted by atomic mass is 35.5. The van der Waals surface area contributed by atoms with Gasteiger partial charge in [0.25, 0.3) is 5.91 Å². The molecule has 2 N–H and O–H groups in total. The first-order valence-electron chi connectivity index (χ1n) is 7.50. The number of nitrogens with one attached hydrogen (secondary N) is 1. The molecule has 0 aromatic heterocycles. The Kier molecular flexibility index (Phi) is 6.33. The van der Waals surface area contributed by atoms with Gasteiger partial charge in [-0.1, -0.05) is 43.4 Å². The van der Waals surface area contributed by atoms with E-state index in [1.165, 1.54) is 25.7 Å². The summed E-state index contributed by atoms with van der Waals surface area (Å²) in [5, 5.41) is 12.4. The van der Waals surface area contributed by atoms with E-state index in [4.69, 9.17) is 21.4 Å². The Balaban J connectivity index is 1.80. The predicted molar refractivity (Wildman–Crippen MR) is 82.5 cm³/mol. The molecule has 1 aliphatic rings. The van der Waals surface area contributed by atoms with Gasteiger partial charge in [0.05, 0.1) is 11.6 Å². The number of rotatable bonds is 5. The molecular formula is C16H22ClNO3. The van der Waals surface area contributed by atoms with E-state index in [2.05, 4.69) is 5.32 Å². The Hall–Kier alpha value is -1.26. The van der Waals surface area contributed by atoms with E-state index in [1.54, 1.807) is 18.2 Å². The number of carbonyl (C=O) groups excluding carboxylic acids is 1. The molecule has 0 aliphatic heterocycles. The summed E-state index contributed by atoms with van der Waals surface area (Å²) in [7, 11) is 0. The first-order chi connectivity index (χ1) is 10.2. The van der Waals surface area contributed by atoms with Crippen molar-refractivity contribution >= 4 is 17.5 Å². The summed E-state index contributed by atoms with van der Waals surface area (Å²) in [5.74, 6) is 0.356. The van der Waals surface area contributed by atoms with Crippen molar-refractivity contribution in [1.82, 2.24) is 5.32 Å². The van der Waals surface area contributed by atoms with E-state index < -0.39 is 0 Å². The largest absolute Gasteiger partial charge is 0.482 e. The summed E-state index contributed by atoms with van der Waals surface area (Å²) < 4.78 is 5.45. The summed E-state index contributed by atoms with van der Waals surface area (Å²) in [5.41, 5.74) is 0.718. The molecule has 0 spiro atoms. The standard InChI is InChI=1S/C16H22ClNO3/c17-14-9-12(10-19)7-8-15(14)21-11-16(20)18-13-5-3-1-2-4-6-13/h7-9,13,19H,1-6,10-11H2,(H,18,20). The maximum Gasteiger partial charge on any atom is 0.258 e. The molecule has 0 heterocycles. The average molecular weight is 312 g/mol. The van der Waals surface area contributed by atoms with Crippen LogP contribution in [0.2, 0.25) is 5.02 Å². The van der Waals surface area contributed by atoms with Gasteiger partial charge < -0.3 is 15.2 Å². The first kappa shape index (κ1) is 16.1. The molecule has 0 radical (unpaired) electrons. The van der Waals surface area contributed by atoms with E-state index in [1.807, 2.05) is 0 Å². The molecule has 1 aromatic rings. The normalized spacial score (nSPS) is 16.3. The molecule has 21 heavy (non-hydrogen) atoms. The second-order valence-corrected chi connectivity index (χ2v) is 5.87. The second kappa shape index (κ2) is 8.25. The second-order valence-electron chi connectivity index (χ2n) is 5.47. The van der Waals surface area contributed by atoms with Gasteiger partial charge in [-0.05, 0) is 30.5 Å². The van der Waals surface area contributed by atoms with Gasteiger partial charge in [-0.15, -0.1) is 0 Å². The fourth-order valence-electron chi connectivity index (χ4n) is 2.60. The van der Waals surface area contributed by atoms with Crippen molar-refractivity contribution in [3.8, 4) is 5.75 Å². The van der Waals surface area contributed by atoms with Crippen LogP contribution in [0.25, 0.3) is 0 Å². The molecule has 1 saturated carbocycles. The number of hydrogen-bond donors (Lipinski definition) is 2. The van der Waals surface area contributed by atoms with Crippen molar-refractivity contribution in [1.29, 1.82) is 0 Å². The minimum Gasteiger partial charge on any atom is -0.482 e. The number of amides is 1. The van der Waals surface area contributed by atoms with Crippen molar-refractivity contribution in [2.24, 2.45) is 0 Å². The molecular weight excluding hydrogens is 290 g/mol. The van der Waals surface area contributed by atoms with Gasteiger partial charge in [-0.2, -0.15) is 0 Å². The van der Waals surface area contributed by atoms with E-state index in [0.29, 0.717) is 10.8 Å². The van der Waals surface area contributed by atoms with Crippen LogP contribution in [0, 0.1) is 0 Å². The monoisotopic (exact) mass is 311 g/mol. The SMILES string of the molecule is O=C(COc1ccc(CO)cc1Cl)NC1CCCCCC1. The molecule has 0 atom stereocenters. The molecule has 0 saturated heterocycles. The van der Waals surface area contributed by atoms with Crippen LogP contribution in [0.3, 0.4) is 0 Å². The number of aliphatic hydroxyl groups is 1. The van der Waals surface area contributed by atoms with Gasteiger partial charge in [-0.3, -0.25) is 4.79 Å². The highest BCUT2D eigenvalue weighted by Gasteiger charge is 2.15. The van der Waals surface area contributed by atoms with Gasteiger partial charge in [0, 0.05) is 6.04 Å². The molecule has 2 rings (SSSR count). The van der Waals surface area contributed by atoms with E-state index in [9.17, 15) is 4.79 Å². The van der Waals surface area contributed by atoms with Crippen molar-refractivity contribution in [2.75, 3.05) is 6.61 Å². The Labute approximate surface area is 130 Å². The van der Waals surface area contributed by atoms with Gasteiger partial charge in [-0.25, -0.2) is 0 Å². The maximum absolute atomic E-state index is 11.9. The Morgan fingerprint density at radius 3 is 2.62 bits per heavy atom. The summed E-state index contributed by atoms with van der Waals surface area (Å²) >= 11 is 6.04. The molecule has 5 heteroatoms. The molecule has 0 unspecified atom stereocenters. The fourth-order valence-corrected chi connectivity index (χ4v) is 2.85. The number of ether oxygens (including phenoxy) is 1. The molecule has 1 amide bonds. The van der Waals surface area contributed by atoms with Crippen LogP contribution in [0.15, 0.2) is 18.2 Å². The lowest BCUT2D eigenvalue weighted by Crippen LogP contribution is -2.37. The van der Waals surface area contributed by atoms with Crippen LogP contribution in [0.4, 0.5) is 0 Å². The third-order valence-electron chi connectivity index (χ3n) is 3.76. The summed E-state index contributed by atoms with van der Waals surface area (Å²) in [4.78, 5) is 11.9. The number of halogens is 1. The van der Waals surface area contributed by atoms with Gasteiger partial charge in [0.2, 0.25) is 0 Å². The molecule has 1 aliphatic carbocycles. The lowest BCUT2D eigenvalue weighted by atomic mass is 10.1. The average Bonchev–Trinajstić information content (AvgIpc) is 2.74. The zero-order valence-electron chi connectivity index (χ0n) is 12.1. The summed E-state index contributed by atoms with van der Waals surface area (Å²) in [6.07, 6.45) is 6.99. The van der Waals surface area contributed by atoms with Crippen molar-refractivity contribution in [3.05, 3.63) is 28.8 Å². The Morgan fingerprint density at radius 1 is 1.29 bits per heavy atom. The van der Waals surface area contributed by atoms with Crippen LogP contribution in [-0.4, -0.2) is 23.7 Å². The van der Waals surface area contributed by atoms with Crippen LogP contribution in [0.5, 0.6) is 5.75 Å². The van der Waals surface area contributed by atoms with Crippen molar-refractivity contribution in [3.63, 3.8) is 0 Å². The summed E-state index contributed by atoms with van der Waals surface area (Å²) in [6.45, 7) is -0.100. The number of carbonyl (C=O) groups is 1. The number of aliphatic hydroxyl groups excluding tert-OH is 1. The topological polar surface area (TPSA) is 58.6 Å². The minimum atomic E-state index is -0.107. The van der Waals surface area contributed by atoms with Gasteiger partial charge in [0.1, 0.15) is 5.75 Å². The smallest absolute Gasteiger partial charge is 0.258 e. The fraction of sp³-hybridized carbons (Fsp3) is 0.562. The molecule has 116 valence electrons. The van der Waals surface area contributed by atoms with Crippen molar-refractivity contribution < 1.29 is 14.6 Å². The molecule has 4 nitrogen and oxygen atoms in total. The quantitative estimate of drug-likeness (QED) is 0.822. The Morgan fingerprint density at radius 2 is 2.00 bits per heavy atom. The van der Waals surface area contributed by atoms with E-state index >= 15 is 0 Å². The van der Waals surface area contributed by atoms with Crippen LogP contribution < -0.4 is 10.1 Å². The zero-order valence-corrected chi connectivity index (χ0v) is 12.9. The summed E-state index contributed by atoms with van der Waals surface area (Å²) in [6, 6.07) is 5.31. The lowest BCUT2D eigenvalue weighted by Gasteiger charge is -2.16. The number of hydrogen-bond acceptors (Lipinski definition) is 3. The number of benzene rings is 1. The van der Waals surface area contributed by atoms with Crippen LogP contribution >= 0.6 is 11.6 Å². The highest BCUT2D eigenvalue weighted by Crippen LogP contribution is 2.25. The molecule has 1 fully saturated rings. The zero-order chi connectivity index (χ0) is 15.1. The van der Waals surface area contributed by atoms with Crippen molar-refractivity contribution in [2.45, 2.75) is 51.2 Å². The Bertz CT molecular complexity index is 471.